The van der Waals surface area contributed by atoms with Gasteiger partial charge >= 0.3 is 0 Å². The van der Waals surface area contributed by atoms with Crippen molar-refractivity contribution in [3.8, 4) is 17.3 Å². The summed E-state index contributed by atoms with van der Waals surface area (Å²) in [6, 6.07) is 5.68. The largest absolute Gasteiger partial charge is 0.370 e. The molecule has 18 heavy (non-hydrogen) atoms. The van der Waals surface area contributed by atoms with Crippen LogP contribution in [-0.2, 0) is 0 Å². The van der Waals surface area contributed by atoms with Crippen LogP contribution in [0.2, 0.25) is 0 Å². The van der Waals surface area contributed by atoms with Crippen LogP contribution >= 0.6 is 0 Å². The minimum absolute atomic E-state index is 0.522. The number of nitrogens with one attached hydrogen (secondary N) is 1. The van der Waals surface area contributed by atoms with Crippen molar-refractivity contribution in [2.45, 2.75) is 13.3 Å². The fourth-order valence-corrected chi connectivity index (χ4v) is 1.51. The Kier molecular flexibility index (Phi) is 3.82. The fourth-order valence-electron chi connectivity index (χ4n) is 1.51. The molecule has 0 fully saturated rings. The zero-order chi connectivity index (χ0) is 12.8. The zero-order valence-corrected chi connectivity index (χ0v) is 10.1. The normalized spacial score (nSPS) is 9.78. The second-order valence-corrected chi connectivity index (χ2v) is 3.79. The summed E-state index contributed by atoms with van der Waals surface area (Å²) in [5, 5.41) is 12.0. The summed E-state index contributed by atoms with van der Waals surface area (Å²) in [4.78, 5) is 12.4. The van der Waals surface area contributed by atoms with E-state index in [2.05, 4.69) is 33.3 Å². The number of pyridine rings is 1. The van der Waals surface area contributed by atoms with Crippen molar-refractivity contribution in [2.24, 2.45) is 0 Å². The van der Waals surface area contributed by atoms with Crippen molar-refractivity contribution in [1.82, 2.24) is 15.0 Å². The van der Waals surface area contributed by atoms with Crippen molar-refractivity contribution >= 4 is 5.82 Å². The van der Waals surface area contributed by atoms with E-state index in [1.54, 1.807) is 12.3 Å². The molecule has 5 heteroatoms. The van der Waals surface area contributed by atoms with E-state index in [1.807, 2.05) is 6.07 Å². The average molecular weight is 239 g/mol. The van der Waals surface area contributed by atoms with E-state index < -0.39 is 0 Å². The van der Waals surface area contributed by atoms with Gasteiger partial charge in [0.05, 0.1) is 11.3 Å². The van der Waals surface area contributed by atoms with Crippen molar-refractivity contribution in [3.63, 3.8) is 0 Å². The Morgan fingerprint density at radius 2 is 2.17 bits per heavy atom. The number of nitriles is 1. The fraction of sp³-hybridized carbons (Fsp3) is 0.231. The highest BCUT2D eigenvalue weighted by Gasteiger charge is 2.03. The lowest BCUT2D eigenvalue weighted by molar-refractivity contribution is 0.965. The molecule has 0 aliphatic heterocycles. The summed E-state index contributed by atoms with van der Waals surface area (Å²) >= 11 is 0. The summed E-state index contributed by atoms with van der Waals surface area (Å²) in [6.07, 6.45) is 5.75. The van der Waals surface area contributed by atoms with Gasteiger partial charge in [0, 0.05) is 30.6 Å². The summed E-state index contributed by atoms with van der Waals surface area (Å²) in [7, 11) is 0. The molecule has 0 atom stereocenters. The Morgan fingerprint density at radius 1 is 1.28 bits per heavy atom. The highest BCUT2D eigenvalue weighted by Crippen LogP contribution is 2.18. The summed E-state index contributed by atoms with van der Waals surface area (Å²) < 4.78 is 0. The van der Waals surface area contributed by atoms with Crippen molar-refractivity contribution in [1.29, 1.82) is 5.26 Å². The molecule has 0 aliphatic carbocycles. The standard InChI is InChI=1S/C13H13N5/c1-2-3-16-13-5-12(17-9-18-13)11-4-10(6-14)7-15-8-11/h4-5,7-9H,2-3H2,1H3,(H,16,17,18). The first-order valence-electron chi connectivity index (χ1n) is 5.75. The predicted octanol–water partition coefficient (Wildman–Crippen LogP) is 2.23. The van der Waals surface area contributed by atoms with E-state index in [0.717, 1.165) is 30.0 Å². The molecule has 0 saturated heterocycles. The number of hydrogen-bond acceptors (Lipinski definition) is 5. The predicted molar refractivity (Wildman–Crippen MR) is 68.8 cm³/mol. The van der Waals surface area contributed by atoms with Gasteiger partial charge in [0.2, 0.25) is 0 Å². The molecule has 0 saturated carbocycles. The number of nitrogens with zero attached hydrogens (tertiary/aromatic N) is 4. The monoisotopic (exact) mass is 239 g/mol. The average Bonchev–Trinajstić information content (AvgIpc) is 2.45. The van der Waals surface area contributed by atoms with Crippen LogP contribution < -0.4 is 5.32 Å². The van der Waals surface area contributed by atoms with Gasteiger partial charge in [-0.2, -0.15) is 5.26 Å². The maximum atomic E-state index is 8.84. The van der Waals surface area contributed by atoms with Gasteiger partial charge < -0.3 is 5.32 Å². The Balaban J connectivity index is 2.29. The van der Waals surface area contributed by atoms with E-state index >= 15 is 0 Å². The molecule has 2 rings (SSSR count). The van der Waals surface area contributed by atoms with Gasteiger partial charge in [0.25, 0.3) is 0 Å². The van der Waals surface area contributed by atoms with E-state index in [-0.39, 0.29) is 0 Å². The highest BCUT2D eigenvalue weighted by atomic mass is 15.0. The maximum Gasteiger partial charge on any atom is 0.129 e. The lowest BCUT2D eigenvalue weighted by Gasteiger charge is -2.05. The minimum Gasteiger partial charge on any atom is -0.370 e. The van der Waals surface area contributed by atoms with Gasteiger partial charge in [-0.05, 0) is 12.5 Å². The van der Waals surface area contributed by atoms with Gasteiger partial charge in [-0.3, -0.25) is 4.98 Å². The van der Waals surface area contributed by atoms with Crippen molar-refractivity contribution in [2.75, 3.05) is 11.9 Å². The molecule has 2 heterocycles. The second kappa shape index (κ2) is 5.73. The van der Waals surface area contributed by atoms with E-state index in [0.29, 0.717) is 5.56 Å². The molecule has 90 valence electrons. The third-order valence-corrected chi connectivity index (χ3v) is 2.39. The second-order valence-electron chi connectivity index (χ2n) is 3.79. The molecule has 0 amide bonds. The van der Waals surface area contributed by atoms with Gasteiger partial charge in [0.1, 0.15) is 18.2 Å². The Bertz CT molecular complexity index is 574. The first-order chi connectivity index (χ1) is 8.83. The molecule has 0 radical (unpaired) electrons. The van der Waals surface area contributed by atoms with Crippen LogP contribution in [-0.4, -0.2) is 21.5 Å². The molecule has 1 N–H and O–H groups in total. The van der Waals surface area contributed by atoms with Gasteiger partial charge in [0.15, 0.2) is 0 Å². The Morgan fingerprint density at radius 3 is 2.94 bits per heavy atom. The first-order valence-corrected chi connectivity index (χ1v) is 5.75. The zero-order valence-electron chi connectivity index (χ0n) is 10.1. The van der Waals surface area contributed by atoms with Crippen LogP contribution in [0.25, 0.3) is 11.3 Å². The number of hydrogen-bond donors (Lipinski definition) is 1. The molecule has 5 nitrogen and oxygen atoms in total. The molecule has 2 aromatic rings. The quantitative estimate of drug-likeness (QED) is 0.885. The Hall–Kier alpha value is -2.48. The van der Waals surface area contributed by atoms with Crippen molar-refractivity contribution in [3.05, 3.63) is 36.4 Å². The lowest BCUT2D eigenvalue weighted by atomic mass is 10.1. The smallest absolute Gasteiger partial charge is 0.129 e. The van der Waals surface area contributed by atoms with Crippen LogP contribution in [0.1, 0.15) is 18.9 Å². The van der Waals surface area contributed by atoms with E-state index in [9.17, 15) is 0 Å². The lowest BCUT2D eigenvalue weighted by Crippen LogP contribution is -2.02. The summed E-state index contributed by atoms with van der Waals surface area (Å²) in [6.45, 7) is 2.96. The van der Waals surface area contributed by atoms with E-state index in [1.165, 1.54) is 12.5 Å². The molecule has 2 aromatic heterocycles. The van der Waals surface area contributed by atoms with Crippen LogP contribution in [0, 0.1) is 11.3 Å². The summed E-state index contributed by atoms with van der Waals surface area (Å²) in [5.74, 6) is 0.782. The highest BCUT2D eigenvalue weighted by molar-refractivity contribution is 5.62. The first kappa shape index (κ1) is 12.0. The maximum absolute atomic E-state index is 8.84. The van der Waals surface area contributed by atoms with Crippen LogP contribution in [0.5, 0.6) is 0 Å². The topological polar surface area (TPSA) is 74.5 Å². The van der Waals surface area contributed by atoms with Gasteiger partial charge in [-0.1, -0.05) is 6.92 Å². The molecule has 0 aliphatic rings. The van der Waals surface area contributed by atoms with Crippen LogP contribution in [0.4, 0.5) is 5.82 Å². The summed E-state index contributed by atoms with van der Waals surface area (Å²) in [5.41, 5.74) is 2.10. The number of aromatic nitrogens is 3. The van der Waals surface area contributed by atoms with Gasteiger partial charge in [-0.25, -0.2) is 9.97 Å². The van der Waals surface area contributed by atoms with Crippen LogP contribution in [0.15, 0.2) is 30.9 Å². The molecule has 0 unspecified atom stereocenters. The molecule has 0 aromatic carbocycles. The SMILES string of the molecule is CCCNc1cc(-c2cncc(C#N)c2)ncn1. The molecule has 0 bridgehead atoms. The number of anilines is 1. The molecular formula is C13H13N5. The van der Waals surface area contributed by atoms with E-state index in [4.69, 9.17) is 5.26 Å². The third-order valence-electron chi connectivity index (χ3n) is 2.39. The third kappa shape index (κ3) is 2.80. The molecular weight excluding hydrogens is 226 g/mol. The Labute approximate surface area is 106 Å². The van der Waals surface area contributed by atoms with Crippen LogP contribution in [0.3, 0.4) is 0 Å². The number of rotatable bonds is 4. The molecule has 0 spiro atoms. The van der Waals surface area contributed by atoms with Crippen molar-refractivity contribution < 1.29 is 0 Å². The van der Waals surface area contributed by atoms with Gasteiger partial charge in [-0.15, -0.1) is 0 Å². The minimum atomic E-state index is 0.522.